The molecule has 0 aromatic carbocycles. The van der Waals surface area contributed by atoms with Crippen molar-refractivity contribution in [2.24, 2.45) is 0 Å². The van der Waals surface area contributed by atoms with Gasteiger partial charge in [-0.1, -0.05) is 20.8 Å². The molecule has 4 amide bonds. The Morgan fingerprint density at radius 1 is 1.20 bits per heavy atom. The summed E-state index contributed by atoms with van der Waals surface area (Å²) in [4.78, 5) is 57.8. The summed E-state index contributed by atoms with van der Waals surface area (Å²) in [6.07, 6.45) is 3.29. The molecule has 1 saturated heterocycles. The summed E-state index contributed by atoms with van der Waals surface area (Å²) in [6.45, 7) is 11.0. The lowest BCUT2D eigenvalue weighted by atomic mass is 10.1. The van der Waals surface area contributed by atoms with Gasteiger partial charge in [0.05, 0.1) is 12.6 Å². The van der Waals surface area contributed by atoms with Crippen LogP contribution in [0.3, 0.4) is 0 Å². The molecule has 1 unspecified atom stereocenters. The third-order valence-electron chi connectivity index (χ3n) is 4.23. The maximum Gasteiger partial charge on any atom is 0.253 e. The van der Waals surface area contributed by atoms with E-state index in [0.29, 0.717) is 6.29 Å². The smallest absolute Gasteiger partial charge is 0.253 e. The highest BCUT2D eigenvalue weighted by atomic mass is 16.2. The first-order valence-electron chi connectivity index (χ1n) is 10.3. The van der Waals surface area contributed by atoms with Gasteiger partial charge < -0.3 is 20.7 Å². The minimum Gasteiger partial charge on any atom is -0.349 e. The van der Waals surface area contributed by atoms with E-state index >= 15 is 0 Å². The lowest BCUT2D eigenvalue weighted by molar-refractivity contribution is -0.136. The lowest BCUT2D eigenvalue weighted by Crippen LogP contribution is -2.61. The zero-order chi connectivity index (χ0) is 23.1. The van der Waals surface area contributed by atoms with Crippen LogP contribution in [-0.4, -0.2) is 91.6 Å². The van der Waals surface area contributed by atoms with E-state index in [0.717, 1.165) is 24.5 Å². The van der Waals surface area contributed by atoms with Crippen LogP contribution in [-0.2, 0) is 24.0 Å². The Hall–Kier alpha value is -2.59. The molecule has 0 aromatic heterocycles. The SMILES string of the molecule is CC.CCN1CC(NC(=O)C(C)NC(=O)CNC)C1.O=CCCN1C(=O)C=CC1=O. The molecule has 2 aliphatic rings. The minimum absolute atomic E-state index is 0.116. The molecule has 3 N–H and O–H groups in total. The normalized spacial score (nSPS) is 16.5. The second-order valence-corrected chi connectivity index (χ2v) is 6.49. The second-order valence-electron chi connectivity index (χ2n) is 6.49. The van der Waals surface area contributed by atoms with Crippen molar-refractivity contribution in [1.82, 2.24) is 25.8 Å². The number of nitrogens with zero attached hydrogens (tertiary/aromatic N) is 2. The summed E-state index contributed by atoms with van der Waals surface area (Å²) >= 11 is 0. The molecular weight excluding hydrogens is 390 g/mol. The predicted octanol–water partition coefficient (Wildman–Crippen LogP) is -0.943. The van der Waals surface area contributed by atoms with Gasteiger partial charge in [0.2, 0.25) is 11.8 Å². The van der Waals surface area contributed by atoms with Gasteiger partial charge in [-0.05, 0) is 20.5 Å². The molecule has 0 radical (unpaired) electrons. The fraction of sp³-hybridized carbons (Fsp3) is 0.650. The molecule has 0 aliphatic carbocycles. The molecule has 0 aromatic rings. The largest absolute Gasteiger partial charge is 0.349 e. The number of hydrogen-bond acceptors (Lipinski definition) is 7. The van der Waals surface area contributed by atoms with E-state index in [2.05, 4.69) is 27.8 Å². The number of imide groups is 1. The summed E-state index contributed by atoms with van der Waals surface area (Å²) in [5.41, 5.74) is 0. The maximum absolute atomic E-state index is 11.7. The quantitative estimate of drug-likeness (QED) is 0.321. The Bertz CT molecular complexity index is 599. The topological polar surface area (TPSA) is 128 Å². The van der Waals surface area contributed by atoms with Gasteiger partial charge in [0.1, 0.15) is 12.3 Å². The monoisotopic (exact) mass is 425 g/mol. The Morgan fingerprint density at radius 3 is 2.23 bits per heavy atom. The molecular formula is C20H35N5O5. The molecule has 2 heterocycles. The van der Waals surface area contributed by atoms with Gasteiger partial charge in [0.15, 0.2) is 0 Å². The number of carbonyl (C=O) groups excluding carboxylic acids is 5. The molecule has 10 nitrogen and oxygen atoms in total. The zero-order valence-corrected chi connectivity index (χ0v) is 18.6. The molecule has 0 bridgehead atoms. The van der Waals surface area contributed by atoms with E-state index in [1.165, 1.54) is 12.2 Å². The van der Waals surface area contributed by atoms with Gasteiger partial charge in [0, 0.05) is 38.2 Å². The van der Waals surface area contributed by atoms with Crippen LogP contribution in [0.2, 0.25) is 0 Å². The van der Waals surface area contributed by atoms with Crippen LogP contribution < -0.4 is 16.0 Å². The number of likely N-dealkylation sites (tertiary alicyclic amines) is 1. The standard InChI is InChI=1S/C11H22N4O2.C7H7NO3.C2H6/c1-4-15-6-9(7-15)14-11(17)8(2)13-10(16)5-12-3;9-5-1-4-8-6(10)2-3-7(8)11;1-2/h8-9,12H,4-7H2,1-3H3,(H,13,16)(H,14,17);2-3,5H,1,4H2;1-2H3. The fourth-order valence-electron chi connectivity index (χ4n) is 2.60. The Balaban J connectivity index is 0.000000557. The van der Waals surface area contributed by atoms with E-state index in [4.69, 9.17) is 0 Å². The average molecular weight is 426 g/mol. The highest BCUT2D eigenvalue weighted by Crippen LogP contribution is 2.06. The number of hydrogen-bond donors (Lipinski definition) is 3. The molecule has 1 atom stereocenters. The second kappa shape index (κ2) is 15.3. The van der Waals surface area contributed by atoms with Gasteiger partial charge in [-0.15, -0.1) is 0 Å². The fourth-order valence-corrected chi connectivity index (χ4v) is 2.60. The van der Waals surface area contributed by atoms with Gasteiger partial charge in [0.25, 0.3) is 11.8 Å². The van der Waals surface area contributed by atoms with Crippen LogP contribution >= 0.6 is 0 Å². The minimum atomic E-state index is -0.480. The van der Waals surface area contributed by atoms with Gasteiger partial charge >= 0.3 is 0 Å². The van der Waals surface area contributed by atoms with Crippen molar-refractivity contribution in [3.05, 3.63) is 12.2 Å². The third kappa shape index (κ3) is 9.75. The van der Waals surface area contributed by atoms with Crippen LogP contribution in [0, 0.1) is 0 Å². The van der Waals surface area contributed by atoms with Crippen LogP contribution in [0.5, 0.6) is 0 Å². The van der Waals surface area contributed by atoms with Crippen LogP contribution in [0.15, 0.2) is 12.2 Å². The van der Waals surface area contributed by atoms with Crippen LogP contribution in [0.1, 0.15) is 34.1 Å². The van der Waals surface area contributed by atoms with Crippen LogP contribution in [0.25, 0.3) is 0 Å². The first kappa shape index (κ1) is 27.4. The highest BCUT2D eigenvalue weighted by Gasteiger charge is 2.28. The van der Waals surface area contributed by atoms with E-state index in [-0.39, 0.29) is 49.2 Å². The van der Waals surface area contributed by atoms with Crippen molar-refractivity contribution in [2.75, 3.05) is 39.8 Å². The summed E-state index contributed by atoms with van der Waals surface area (Å²) in [5.74, 6) is -0.956. The van der Waals surface area contributed by atoms with Crippen LogP contribution in [0.4, 0.5) is 0 Å². The van der Waals surface area contributed by atoms with E-state index < -0.39 is 6.04 Å². The third-order valence-corrected chi connectivity index (χ3v) is 4.23. The van der Waals surface area contributed by atoms with Crippen molar-refractivity contribution in [2.45, 2.75) is 46.2 Å². The highest BCUT2D eigenvalue weighted by molar-refractivity contribution is 6.12. The number of amides is 4. The zero-order valence-electron chi connectivity index (χ0n) is 18.6. The lowest BCUT2D eigenvalue weighted by Gasteiger charge is -2.39. The number of aldehydes is 1. The Kier molecular flexibility index (Phi) is 14.0. The molecule has 30 heavy (non-hydrogen) atoms. The molecule has 0 saturated carbocycles. The van der Waals surface area contributed by atoms with Crippen molar-refractivity contribution in [3.63, 3.8) is 0 Å². The summed E-state index contributed by atoms with van der Waals surface area (Å²) in [7, 11) is 1.69. The molecule has 2 rings (SSSR count). The Morgan fingerprint density at radius 2 is 1.77 bits per heavy atom. The van der Waals surface area contributed by atoms with Crippen molar-refractivity contribution < 1.29 is 24.0 Å². The molecule has 2 aliphatic heterocycles. The van der Waals surface area contributed by atoms with Crippen molar-refractivity contribution >= 4 is 29.9 Å². The number of nitrogens with one attached hydrogen (secondary N) is 3. The molecule has 10 heteroatoms. The molecule has 0 spiro atoms. The first-order chi connectivity index (χ1) is 14.3. The molecule has 1 fully saturated rings. The van der Waals surface area contributed by atoms with E-state index in [1.807, 2.05) is 13.8 Å². The first-order valence-corrected chi connectivity index (χ1v) is 10.3. The number of rotatable bonds is 9. The van der Waals surface area contributed by atoms with E-state index in [1.54, 1.807) is 14.0 Å². The van der Waals surface area contributed by atoms with Crippen molar-refractivity contribution in [1.29, 1.82) is 0 Å². The number of carbonyl (C=O) groups is 5. The van der Waals surface area contributed by atoms with E-state index in [9.17, 15) is 24.0 Å². The summed E-state index contributed by atoms with van der Waals surface area (Å²) in [5, 5.41) is 8.28. The van der Waals surface area contributed by atoms with Gasteiger partial charge in [-0.2, -0.15) is 0 Å². The summed E-state index contributed by atoms with van der Waals surface area (Å²) < 4.78 is 0. The van der Waals surface area contributed by atoms with Crippen molar-refractivity contribution in [3.8, 4) is 0 Å². The maximum atomic E-state index is 11.7. The van der Waals surface area contributed by atoms with Gasteiger partial charge in [-0.3, -0.25) is 29.0 Å². The van der Waals surface area contributed by atoms with Gasteiger partial charge in [-0.25, -0.2) is 0 Å². The average Bonchev–Trinajstić information content (AvgIpc) is 3.02. The molecule has 170 valence electrons. The predicted molar refractivity (Wildman–Crippen MR) is 113 cm³/mol. The Labute approximate surface area is 178 Å². The summed E-state index contributed by atoms with van der Waals surface area (Å²) in [6, 6.07) is -0.252. The number of likely N-dealkylation sites (N-methyl/N-ethyl adjacent to an activating group) is 2.